The number of carbonyl (C=O) groups is 1. The molecule has 1 aliphatic rings. The molecule has 1 aliphatic heterocycles. The highest BCUT2D eigenvalue weighted by Gasteiger charge is 2.40. The van der Waals surface area contributed by atoms with E-state index in [-0.39, 0.29) is 6.42 Å². The van der Waals surface area contributed by atoms with Gasteiger partial charge in [-0.15, -0.1) is 0 Å². The van der Waals surface area contributed by atoms with E-state index in [9.17, 15) is 13.2 Å². The largest absolute Gasteiger partial charge is 0.453 e. The van der Waals surface area contributed by atoms with Gasteiger partial charge in [0.2, 0.25) is 0 Å². The van der Waals surface area contributed by atoms with Crippen LogP contribution < -0.4 is 5.32 Å². The molecule has 112 valence electrons. The molecular formula is C10H19NO7S. The van der Waals surface area contributed by atoms with Crippen molar-refractivity contribution in [3.8, 4) is 0 Å². The number of methoxy groups -OCH3 is 2. The molecule has 1 N–H and O–H groups in total. The molecule has 0 aromatic carbocycles. The third-order valence-electron chi connectivity index (χ3n) is 2.71. The molecule has 1 amide bonds. The third-order valence-corrected chi connectivity index (χ3v) is 3.28. The van der Waals surface area contributed by atoms with Gasteiger partial charge in [0.15, 0.2) is 6.29 Å². The fourth-order valence-corrected chi connectivity index (χ4v) is 2.59. The zero-order chi connectivity index (χ0) is 14.6. The third kappa shape index (κ3) is 4.94. The Labute approximate surface area is 112 Å². The van der Waals surface area contributed by atoms with E-state index in [0.29, 0.717) is 0 Å². The maximum Gasteiger partial charge on any atom is 0.407 e. The van der Waals surface area contributed by atoms with Gasteiger partial charge >= 0.3 is 6.09 Å². The van der Waals surface area contributed by atoms with Gasteiger partial charge in [0.1, 0.15) is 6.10 Å². The average molecular weight is 297 g/mol. The second-order valence-corrected chi connectivity index (χ2v) is 5.85. The van der Waals surface area contributed by atoms with E-state index in [4.69, 9.17) is 13.7 Å². The van der Waals surface area contributed by atoms with Crippen molar-refractivity contribution in [3.05, 3.63) is 0 Å². The van der Waals surface area contributed by atoms with Crippen LogP contribution in [0.5, 0.6) is 0 Å². The first kappa shape index (κ1) is 16.2. The maximum atomic E-state index is 11.3. The first-order valence-electron chi connectivity index (χ1n) is 5.67. The Balaban J connectivity index is 2.84. The molecule has 4 atom stereocenters. The van der Waals surface area contributed by atoms with Crippen molar-refractivity contribution in [1.82, 2.24) is 5.32 Å². The number of alkyl carbamates (subject to hydrolysis) is 1. The number of carbonyl (C=O) groups excluding carboxylic acids is 1. The van der Waals surface area contributed by atoms with E-state index in [1.54, 1.807) is 6.92 Å². The first-order chi connectivity index (χ1) is 8.76. The normalized spacial score (nSPS) is 31.8. The highest BCUT2D eigenvalue weighted by atomic mass is 32.2. The maximum absolute atomic E-state index is 11.3. The number of rotatable bonds is 4. The van der Waals surface area contributed by atoms with Crippen LogP contribution in [-0.2, 0) is 28.5 Å². The molecule has 0 bridgehead atoms. The molecule has 19 heavy (non-hydrogen) atoms. The highest BCUT2D eigenvalue weighted by Crippen LogP contribution is 2.24. The predicted molar refractivity (Wildman–Crippen MR) is 65.0 cm³/mol. The zero-order valence-electron chi connectivity index (χ0n) is 11.3. The average Bonchev–Trinajstić information content (AvgIpc) is 2.31. The van der Waals surface area contributed by atoms with Gasteiger partial charge in [-0.25, -0.2) is 4.79 Å². The Morgan fingerprint density at radius 1 is 1.37 bits per heavy atom. The number of ether oxygens (including phenoxy) is 3. The van der Waals surface area contributed by atoms with Crippen molar-refractivity contribution in [2.45, 2.75) is 37.9 Å². The van der Waals surface area contributed by atoms with Crippen LogP contribution in [0.4, 0.5) is 4.79 Å². The van der Waals surface area contributed by atoms with Crippen LogP contribution in [0.1, 0.15) is 13.3 Å². The SMILES string of the molecule is COC(=O)N[C@H]1C[C@H](OC)O[C@@H](C)[C@@H]1OS(C)(=O)=O. The topological polar surface area (TPSA) is 100 Å². The van der Waals surface area contributed by atoms with E-state index in [0.717, 1.165) is 6.26 Å². The van der Waals surface area contributed by atoms with Crippen LogP contribution in [0.15, 0.2) is 0 Å². The Kier molecular flexibility index (Phi) is 5.53. The summed E-state index contributed by atoms with van der Waals surface area (Å²) in [7, 11) is -0.986. The molecule has 0 aliphatic carbocycles. The zero-order valence-corrected chi connectivity index (χ0v) is 12.1. The Bertz CT molecular complexity index is 410. The lowest BCUT2D eigenvalue weighted by Gasteiger charge is -2.38. The molecule has 1 fully saturated rings. The van der Waals surface area contributed by atoms with E-state index in [2.05, 4.69) is 10.1 Å². The number of nitrogens with one attached hydrogen (secondary N) is 1. The molecule has 0 saturated carbocycles. The summed E-state index contributed by atoms with van der Waals surface area (Å²) in [6.07, 6.45) is -1.41. The van der Waals surface area contributed by atoms with E-state index in [1.165, 1.54) is 14.2 Å². The molecule has 1 saturated heterocycles. The molecule has 1 rings (SSSR count). The quantitative estimate of drug-likeness (QED) is 0.719. The lowest BCUT2D eigenvalue weighted by molar-refractivity contribution is -0.208. The summed E-state index contributed by atoms with van der Waals surface area (Å²) in [5.41, 5.74) is 0. The van der Waals surface area contributed by atoms with Gasteiger partial charge in [-0.2, -0.15) is 8.42 Å². The van der Waals surface area contributed by atoms with Crippen LogP contribution >= 0.6 is 0 Å². The lowest BCUT2D eigenvalue weighted by Crippen LogP contribution is -2.56. The summed E-state index contributed by atoms with van der Waals surface area (Å²) >= 11 is 0. The van der Waals surface area contributed by atoms with Crippen LogP contribution in [-0.4, -0.2) is 59.5 Å². The fraction of sp³-hybridized carbons (Fsp3) is 0.900. The molecule has 1 heterocycles. The number of hydrogen-bond acceptors (Lipinski definition) is 7. The van der Waals surface area contributed by atoms with Crippen molar-refractivity contribution >= 4 is 16.2 Å². The van der Waals surface area contributed by atoms with Crippen LogP contribution in [0, 0.1) is 0 Å². The summed E-state index contributed by atoms with van der Waals surface area (Å²) in [5.74, 6) is 0. The molecule has 0 unspecified atom stereocenters. The van der Waals surface area contributed by atoms with Gasteiger partial charge < -0.3 is 19.5 Å². The monoisotopic (exact) mass is 297 g/mol. The fourth-order valence-electron chi connectivity index (χ4n) is 1.89. The summed E-state index contributed by atoms with van der Waals surface area (Å²) in [4.78, 5) is 11.3. The van der Waals surface area contributed by atoms with Crippen molar-refractivity contribution in [1.29, 1.82) is 0 Å². The molecule has 0 aromatic heterocycles. The number of hydrogen-bond donors (Lipinski definition) is 1. The van der Waals surface area contributed by atoms with Crippen LogP contribution in [0.3, 0.4) is 0 Å². The minimum Gasteiger partial charge on any atom is -0.453 e. The standard InChI is InChI=1S/C10H19NO7S/c1-6-9(18-19(4,13)14)7(11-10(12)16-3)5-8(15-2)17-6/h6-9H,5H2,1-4H3,(H,11,12)/t6-,7-,8+,9-/m0/s1. The van der Waals surface area contributed by atoms with Gasteiger partial charge in [0.25, 0.3) is 10.1 Å². The van der Waals surface area contributed by atoms with Gasteiger partial charge in [-0.3, -0.25) is 4.18 Å². The molecule has 0 aromatic rings. The molecule has 8 nitrogen and oxygen atoms in total. The number of amides is 1. The van der Waals surface area contributed by atoms with Crippen molar-refractivity contribution in [2.24, 2.45) is 0 Å². The Hall–Kier alpha value is -0.900. The van der Waals surface area contributed by atoms with Gasteiger partial charge in [-0.1, -0.05) is 0 Å². The van der Waals surface area contributed by atoms with E-state index in [1.807, 2.05) is 0 Å². The Morgan fingerprint density at radius 2 is 2.00 bits per heavy atom. The van der Waals surface area contributed by atoms with Crippen LogP contribution in [0.25, 0.3) is 0 Å². The highest BCUT2D eigenvalue weighted by molar-refractivity contribution is 7.86. The molecule has 0 spiro atoms. The lowest BCUT2D eigenvalue weighted by atomic mass is 10.00. The summed E-state index contributed by atoms with van der Waals surface area (Å²) in [6.45, 7) is 1.65. The van der Waals surface area contributed by atoms with Crippen LogP contribution in [0.2, 0.25) is 0 Å². The first-order valence-corrected chi connectivity index (χ1v) is 7.49. The predicted octanol–water partition coefficient (Wildman–Crippen LogP) is -0.163. The second-order valence-electron chi connectivity index (χ2n) is 4.25. The minimum absolute atomic E-state index is 0.260. The van der Waals surface area contributed by atoms with Crippen molar-refractivity contribution < 1.29 is 31.6 Å². The molecular weight excluding hydrogens is 278 g/mol. The van der Waals surface area contributed by atoms with Gasteiger partial charge in [0.05, 0.1) is 25.5 Å². The van der Waals surface area contributed by atoms with Crippen molar-refractivity contribution in [2.75, 3.05) is 20.5 Å². The molecule has 9 heteroatoms. The van der Waals surface area contributed by atoms with Crippen molar-refractivity contribution in [3.63, 3.8) is 0 Å². The summed E-state index contributed by atoms with van der Waals surface area (Å²) in [5, 5.41) is 2.53. The van der Waals surface area contributed by atoms with E-state index >= 15 is 0 Å². The summed E-state index contributed by atoms with van der Waals surface area (Å²) in [6, 6.07) is -0.587. The summed E-state index contributed by atoms with van der Waals surface area (Å²) < 4.78 is 42.5. The Morgan fingerprint density at radius 3 is 2.47 bits per heavy atom. The second kappa shape index (κ2) is 6.51. The minimum atomic E-state index is -3.67. The smallest absolute Gasteiger partial charge is 0.407 e. The van der Waals surface area contributed by atoms with E-state index < -0.39 is 40.8 Å². The van der Waals surface area contributed by atoms with Gasteiger partial charge in [0, 0.05) is 13.5 Å². The molecule has 0 radical (unpaired) electrons. The van der Waals surface area contributed by atoms with Gasteiger partial charge in [-0.05, 0) is 6.92 Å².